The molecule has 1 heterocycles. The number of likely N-dealkylation sites (tertiary alicyclic amines) is 1. The van der Waals surface area contributed by atoms with E-state index in [1.54, 1.807) is 6.92 Å². The molecular formula is C22H24N2O3. The molecule has 1 aromatic rings. The van der Waals surface area contributed by atoms with E-state index in [0.29, 0.717) is 11.8 Å². The lowest BCUT2D eigenvalue weighted by atomic mass is 9.63. The number of imide groups is 1. The Kier molecular flexibility index (Phi) is 3.58. The van der Waals surface area contributed by atoms with Gasteiger partial charge in [0.15, 0.2) is 0 Å². The summed E-state index contributed by atoms with van der Waals surface area (Å²) in [6.45, 7) is 3.69. The summed E-state index contributed by atoms with van der Waals surface area (Å²) < 4.78 is 0. The fourth-order valence-electron chi connectivity index (χ4n) is 5.67. The molecule has 2 bridgehead atoms. The maximum atomic E-state index is 13.1. The molecule has 0 spiro atoms. The molecule has 1 aliphatic heterocycles. The molecule has 3 amide bonds. The number of carbonyl (C=O) groups excluding carboxylic acids is 3. The molecule has 2 saturated carbocycles. The predicted molar refractivity (Wildman–Crippen MR) is 100 cm³/mol. The Bertz CT molecular complexity index is 840. The molecule has 5 nitrogen and oxygen atoms in total. The van der Waals surface area contributed by atoms with Crippen molar-refractivity contribution in [1.82, 2.24) is 4.90 Å². The summed E-state index contributed by atoms with van der Waals surface area (Å²) in [6.07, 6.45) is 6.24. The quantitative estimate of drug-likeness (QED) is 0.660. The number of rotatable bonds is 4. The van der Waals surface area contributed by atoms with Gasteiger partial charge in [-0.05, 0) is 55.1 Å². The van der Waals surface area contributed by atoms with Gasteiger partial charge in [0.25, 0.3) is 0 Å². The van der Waals surface area contributed by atoms with Gasteiger partial charge < -0.3 is 5.32 Å². The summed E-state index contributed by atoms with van der Waals surface area (Å²) in [5.41, 5.74) is 1.78. The van der Waals surface area contributed by atoms with Crippen molar-refractivity contribution >= 4 is 23.4 Å². The number of allylic oxidation sites excluding steroid dienone is 2. The second kappa shape index (κ2) is 5.78. The summed E-state index contributed by atoms with van der Waals surface area (Å²) in [5, 5.41) is 2.92. The van der Waals surface area contributed by atoms with Gasteiger partial charge >= 0.3 is 0 Å². The van der Waals surface area contributed by atoms with Gasteiger partial charge in [0.05, 0.1) is 11.8 Å². The molecule has 5 aliphatic rings. The summed E-state index contributed by atoms with van der Waals surface area (Å²) >= 11 is 0. The van der Waals surface area contributed by atoms with Crippen LogP contribution in [0.4, 0.5) is 5.69 Å². The highest BCUT2D eigenvalue weighted by Gasteiger charge is 2.67. The van der Waals surface area contributed by atoms with E-state index in [1.807, 2.05) is 31.2 Å². The minimum atomic E-state index is -0.795. The topological polar surface area (TPSA) is 66.5 Å². The zero-order valence-electron chi connectivity index (χ0n) is 15.6. The van der Waals surface area contributed by atoms with Crippen LogP contribution in [0.5, 0.6) is 0 Å². The molecule has 6 rings (SSSR count). The van der Waals surface area contributed by atoms with E-state index < -0.39 is 6.04 Å². The molecule has 27 heavy (non-hydrogen) atoms. The van der Waals surface area contributed by atoms with Crippen molar-refractivity contribution in [1.29, 1.82) is 0 Å². The molecule has 7 atom stereocenters. The first kappa shape index (κ1) is 16.7. The first-order valence-electron chi connectivity index (χ1n) is 9.97. The van der Waals surface area contributed by atoms with Crippen molar-refractivity contribution in [3.8, 4) is 0 Å². The number of amides is 3. The highest BCUT2D eigenvalue weighted by molar-refractivity contribution is 6.10. The van der Waals surface area contributed by atoms with Gasteiger partial charge in [-0.2, -0.15) is 0 Å². The molecule has 0 unspecified atom stereocenters. The minimum absolute atomic E-state index is 0.152. The van der Waals surface area contributed by atoms with Crippen LogP contribution in [0.15, 0.2) is 36.4 Å². The van der Waals surface area contributed by atoms with Crippen molar-refractivity contribution in [2.75, 3.05) is 5.32 Å². The van der Waals surface area contributed by atoms with E-state index in [0.717, 1.165) is 24.1 Å². The van der Waals surface area contributed by atoms with E-state index in [2.05, 4.69) is 17.5 Å². The third kappa shape index (κ3) is 2.27. The number of hydrogen-bond donors (Lipinski definition) is 1. The lowest BCUT2D eigenvalue weighted by Crippen LogP contribution is -2.46. The molecule has 1 saturated heterocycles. The zero-order chi connectivity index (χ0) is 18.9. The van der Waals surface area contributed by atoms with E-state index in [-0.39, 0.29) is 41.4 Å². The molecule has 1 aromatic carbocycles. The van der Waals surface area contributed by atoms with Crippen LogP contribution in [-0.4, -0.2) is 28.7 Å². The molecule has 1 N–H and O–H groups in total. The number of nitrogens with zero attached hydrogens (tertiary/aromatic N) is 1. The monoisotopic (exact) mass is 364 g/mol. The molecule has 4 aliphatic carbocycles. The second-order valence-electron chi connectivity index (χ2n) is 8.38. The van der Waals surface area contributed by atoms with Gasteiger partial charge in [0, 0.05) is 5.69 Å². The van der Waals surface area contributed by atoms with Crippen molar-refractivity contribution in [2.45, 2.75) is 32.7 Å². The minimum Gasteiger partial charge on any atom is -0.324 e. The number of benzene rings is 1. The van der Waals surface area contributed by atoms with Crippen LogP contribution in [0.3, 0.4) is 0 Å². The lowest BCUT2D eigenvalue weighted by molar-refractivity contribution is -0.146. The maximum Gasteiger partial charge on any atom is 0.247 e. The summed E-state index contributed by atoms with van der Waals surface area (Å²) in [6, 6.07) is 6.83. The van der Waals surface area contributed by atoms with E-state index >= 15 is 0 Å². The maximum absolute atomic E-state index is 13.1. The number of nitrogens with one attached hydrogen (secondary N) is 1. The van der Waals surface area contributed by atoms with Crippen molar-refractivity contribution in [2.24, 2.45) is 35.5 Å². The van der Waals surface area contributed by atoms with Crippen LogP contribution < -0.4 is 5.32 Å². The van der Waals surface area contributed by atoms with Crippen LogP contribution in [0, 0.1) is 35.5 Å². The van der Waals surface area contributed by atoms with Crippen LogP contribution >= 0.6 is 0 Å². The Hall–Kier alpha value is -2.43. The third-order valence-electron chi connectivity index (χ3n) is 7.12. The van der Waals surface area contributed by atoms with Crippen LogP contribution in [0.1, 0.15) is 25.8 Å². The lowest BCUT2D eigenvalue weighted by Gasteiger charge is -2.37. The van der Waals surface area contributed by atoms with Crippen LogP contribution in [-0.2, 0) is 20.8 Å². The molecule has 0 aromatic heterocycles. The molecular weight excluding hydrogens is 340 g/mol. The Morgan fingerprint density at radius 1 is 1.11 bits per heavy atom. The Morgan fingerprint density at radius 2 is 1.70 bits per heavy atom. The second-order valence-corrected chi connectivity index (χ2v) is 8.38. The summed E-state index contributed by atoms with van der Waals surface area (Å²) in [4.78, 5) is 40.3. The van der Waals surface area contributed by atoms with E-state index in [1.165, 1.54) is 4.90 Å². The Morgan fingerprint density at radius 3 is 2.30 bits per heavy atom. The summed E-state index contributed by atoms with van der Waals surface area (Å²) in [7, 11) is 0. The highest BCUT2D eigenvalue weighted by atomic mass is 16.2. The number of anilines is 1. The SMILES string of the molecule is CCc1ccccc1NC(=O)[C@H](C)N1C(=O)[C@H]2[C@@H]3C=C[C@H]([C@H]4C[C@H]34)[C@@H]2C1=O. The first-order valence-corrected chi connectivity index (χ1v) is 9.97. The summed E-state index contributed by atoms with van der Waals surface area (Å²) in [5.74, 6) is 0.384. The number of hydrogen-bond acceptors (Lipinski definition) is 3. The molecule has 3 fully saturated rings. The number of carbonyl (C=O) groups is 3. The number of para-hydroxylation sites is 1. The predicted octanol–water partition coefficient (Wildman–Crippen LogP) is 2.63. The van der Waals surface area contributed by atoms with Gasteiger partial charge in [0.2, 0.25) is 17.7 Å². The van der Waals surface area contributed by atoms with E-state index in [9.17, 15) is 14.4 Å². The largest absolute Gasteiger partial charge is 0.324 e. The standard InChI is InChI=1S/C22H24N2O3/c1-3-12-6-4-5-7-17(12)23-20(25)11(2)24-21(26)18-13-8-9-14(16-10-15(13)16)19(18)22(24)27/h4-9,11,13-16,18-19H,3,10H2,1-2H3,(H,23,25)/t11-,13+,14+,15+,16+,18-,19-/m0/s1. The molecule has 5 heteroatoms. The van der Waals surface area contributed by atoms with Crippen LogP contribution in [0.25, 0.3) is 0 Å². The van der Waals surface area contributed by atoms with Crippen molar-refractivity contribution < 1.29 is 14.4 Å². The van der Waals surface area contributed by atoms with Gasteiger partial charge in [-0.1, -0.05) is 37.3 Å². The average Bonchev–Trinajstić information content (AvgIpc) is 3.45. The fourth-order valence-corrected chi connectivity index (χ4v) is 5.67. The fraction of sp³-hybridized carbons (Fsp3) is 0.500. The van der Waals surface area contributed by atoms with Crippen molar-refractivity contribution in [3.63, 3.8) is 0 Å². The number of aryl methyl sites for hydroxylation is 1. The molecule has 140 valence electrons. The van der Waals surface area contributed by atoms with Gasteiger partial charge in [-0.25, -0.2) is 0 Å². The average molecular weight is 364 g/mol. The van der Waals surface area contributed by atoms with E-state index in [4.69, 9.17) is 0 Å². The van der Waals surface area contributed by atoms with Crippen LogP contribution in [0.2, 0.25) is 0 Å². The third-order valence-corrected chi connectivity index (χ3v) is 7.12. The highest BCUT2D eigenvalue weighted by Crippen LogP contribution is 2.65. The smallest absolute Gasteiger partial charge is 0.247 e. The van der Waals surface area contributed by atoms with Gasteiger partial charge in [0.1, 0.15) is 6.04 Å². The Balaban J connectivity index is 1.38. The Labute approximate surface area is 158 Å². The van der Waals surface area contributed by atoms with Gasteiger partial charge in [-0.3, -0.25) is 19.3 Å². The zero-order valence-corrected chi connectivity index (χ0v) is 15.6. The van der Waals surface area contributed by atoms with Crippen molar-refractivity contribution in [3.05, 3.63) is 42.0 Å². The normalized spacial score (nSPS) is 36.4. The first-order chi connectivity index (χ1) is 13.0. The van der Waals surface area contributed by atoms with Gasteiger partial charge in [-0.15, -0.1) is 0 Å². The molecule has 0 radical (unpaired) electrons.